The second-order valence-electron chi connectivity index (χ2n) is 5.39. The molecule has 3 N–H and O–H groups in total. The monoisotopic (exact) mass is 371 g/mol. The van der Waals surface area contributed by atoms with Gasteiger partial charge in [0.1, 0.15) is 30.3 Å². The Kier molecular flexibility index (Phi) is 4.90. The average molecular weight is 371 g/mol. The van der Waals surface area contributed by atoms with Crippen molar-refractivity contribution < 1.29 is 15.0 Å². The van der Waals surface area contributed by atoms with Crippen LogP contribution in [0.1, 0.15) is 11.7 Å². The van der Waals surface area contributed by atoms with Gasteiger partial charge in [-0.25, -0.2) is 5.43 Å². The molecule has 0 saturated carbocycles. The number of rotatable bonds is 7. The van der Waals surface area contributed by atoms with Crippen LogP contribution < -0.4 is 10.9 Å². The van der Waals surface area contributed by atoms with E-state index in [4.69, 9.17) is 0 Å². The van der Waals surface area contributed by atoms with Crippen LogP contribution in [0.3, 0.4) is 0 Å². The van der Waals surface area contributed by atoms with E-state index in [1.54, 1.807) is 16.7 Å². The van der Waals surface area contributed by atoms with Gasteiger partial charge in [-0.3, -0.25) is 24.8 Å². The second-order valence-corrected chi connectivity index (χ2v) is 5.39. The smallest absolute Gasteiger partial charge is 0.300 e. The van der Waals surface area contributed by atoms with Gasteiger partial charge >= 0.3 is 5.69 Å². The summed E-state index contributed by atoms with van der Waals surface area (Å²) in [5.41, 5.74) is 5.51. The number of aromatic hydroxyl groups is 1. The molecular weight excluding hydrogens is 358 g/mol. The highest BCUT2D eigenvalue weighted by Gasteiger charge is 2.21. The first-order chi connectivity index (χ1) is 13.0. The highest BCUT2D eigenvalue weighted by Crippen LogP contribution is 2.29. The number of benzene rings is 2. The molecule has 0 spiro atoms. The van der Waals surface area contributed by atoms with Gasteiger partial charge in [-0.1, -0.05) is 12.1 Å². The number of nitrogens with zero attached hydrogens (tertiary/aromatic N) is 5. The van der Waals surface area contributed by atoms with E-state index in [2.05, 4.69) is 21.0 Å². The number of phenols is 1. The fraction of sp³-hybridized carbons (Fsp3) is 0.0667. The predicted octanol–water partition coefficient (Wildman–Crippen LogP) is 1.96. The maximum atomic E-state index is 11.2. The molecule has 0 saturated heterocycles. The lowest BCUT2D eigenvalue weighted by molar-refractivity contribution is -0.393. The number of phenolic OH excluding ortho intramolecular Hbond substituents is 1. The van der Waals surface area contributed by atoms with Gasteiger partial charge in [-0.05, 0) is 23.8 Å². The van der Waals surface area contributed by atoms with Crippen LogP contribution in [0.25, 0.3) is 0 Å². The molecule has 0 aliphatic heterocycles. The summed E-state index contributed by atoms with van der Waals surface area (Å²) < 4.78 is 1.59. The molecule has 12 heteroatoms. The summed E-state index contributed by atoms with van der Waals surface area (Å²) in [5, 5.41) is 39.0. The van der Waals surface area contributed by atoms with Crippen molar-refractivity contribution in [1.82, 2.24) is 20.2 Å². The van der Waals surface area contributed by atoms with Crippen molar-refractivity contribution in [3.8, 4) is 5.75 Å². The number of anilines is 1. The van der Waals surface area contributed by atoms with Gasteiger partial charge in [0.15, 0.2) is 0 Å². The van der Waals surface area contributed by atoms with Crippen LogP contribution in [-0.4, -0.2) is 29.7 Å². The molecule has 138 valence electrons. The van der Waals surface area contributed by atoms with Crippen molar-refractivity contribution in [1.29, 1.82) is 0 Å². The molecule has 0 radical (unpaired) electrons. The number of non-ortho nitro benzene ring substituents is 1. The van der Waals surface area contributed by atoms with Gasteiger partial charge in [0, 0.05) is 6.07 Å². The van der Waals surface area contributed by atoms with E-state index >= 15 is 0 Å². The van der Waals surface area contributed by atoms with Crippen molar-refractivity contribution >= 4 is 17.1 Å². The van der Waals surface area contributed by atoms with E-state index in [0.717, 1.165) is 12.1 Å². The Balaban J connectivity index is 1.89. The summed E-state index contributed by atoms with van der Waals surface area (Å²) in [7, 11) is 0. The summed E-state index contributed by atoms with van der Waals surface area (Å²) in [6, 6.07) is 9.55. The van der Waals surface area contributed by atoms with Gasteiger partial charge in [-0.15, -0.1) is 10.2 Å². The zero-order valence-corrected chi connectivity index (χ0v) is 13.6. The molecule has 3 rings (SSSR count). The van der Waals surface area contributed by atoms with Crippen LogP contribution in [0.4, 0.5) is 17.1 Å². The minimum Gasteiger partial charge on any atom is -0.508 e. The standard InChI is InChI=1S/C15H13N7O5/c23-12-4-1-10(2-5-12)15(20-8-16-17-9-20)19-18-13-6-3-11(21(24)25)7-14(13)22(26)27/h1-9,15,18-19,23H. The zero-order valence-electron chi connectivity index (χ0n) is 13.6. The third-order valence-corrected chi connectivity index (χ3v) is 3.68. The molecule has 12 nitrogen and oxygen atoms in total. The van der Waals surface area contributed by atoms with Crippen LogP contribution in [0, 0.1) is 20.2 Å². The lowest BCUT2D eigenvalue weighted by Gasteiger charge is -2.21. The number of hydrazine groups is 1. The Bertz CT molecular complexity index is 959. The number of nitro groups is 2. The minimum atomic E-state index is -0.717. The lowest BCUT2D eigenvalue weighted by atomic mass is 10.1. The van der Waals surface area contributed by atoms with E-state index in [1.165, 1.54) is 30.9 Å². The largest absolute Gasteiger partial charge is 0.508 e. The predicted molar refractivity (Wildman–Crippen MR) is 92.8 cm³/mol. The van der Waals surface area contributed by atoms with E-state index < -0.39 is 21.7 Å². The summed E-state index contributed by atoms with van der Waals surface area (Å²) in [4.78, 5) is 20.6. The maximum Gasteiger partial charge on any atom is 0.300 e. The first-order valence-corrected chi connectivity index (χ1v) is 7.53. The van der Waals surface area contributed by atoms with Gasteiger partial charge in [-0.2, -0.15) is 0 Å². The quantitative estimate of drug-likeness (QED) is 0.416. The van der Waals surface area contributed by atoms with E-state index in [1.807, 2.05) is 0 Å². The number of nitro benzene ring substituents is 2. The Labute approximate surface area is 151 Å². The first-order valence-electron chi connectivity index (χ1n) is 7.53. The van der Waals surface area contributed by atoms with Crippen LogP contribution in [-0.2, 0) is 0 Å². The molecule has 1 heterocycles. The van der Waals surface area contributed by atoms with Crippen molar-refractivity contribution in [3.05, 3.63) is 80.9 Å². The number of aromatic nitrogens is 3. The molecule has 0 aliphatic rings. The van der Waals surface area contributed by atoms with Gasteiger partial charge in [0.25, 0.3) is 5.69 Å². The van der Waals surface area contributed by atoms with Crippen LogP contribution >= 0.6 is 0 Å². The highest BCUT2D eigenvalue weighted by molar-refractivity contribution is 5.64. The molecule has 3 aromatic rings. The molecule has 0 amide bonds. The first kappa shape index (κ1) is 17.8. The SMILES string of the molecule is O=[N+]([O-])c1ccc(NNC(c2ccc(O)cc2)n2cnnc2)c([N+](=O)[O-])c1. The molecule has 0 fully saturated rings. The van der Waals surface area contributed by atoms with Crippen molar-refractivity contribution in [2.75, 3.05) is 5.43 Å². The molecule has 0 aliphatic carbocycles. The van der Waals surface area contributed by atoms with Crippen molar-refractivity contribution in [2.24, 2.45) is 0 Å². The van der Waals surface area contributed by atoms with Crippen molar-refractivity contribution in [2.45, 2.75) is 6.17 Å². The Hall–Kier alpha value is -4.06. The van der Waals surface area contributed by atoms with Crippen molar-refractivity contribution in [3.63, 3.8) is 0 Å². The number of hydrogen-bond acceptors (Lipinski definition) is 9. The molecule has 1 unspecified atom stereocenters. The van der Waals surface area contributed by atoms with E-state index in [-0.39, 0.29) is 17.1 Å². The summed E-state index contributed by atoms with van der Waals surface area (Å²) in [5.74, 6) is 0.0835. The normalized spacial score (nSPS) is 11.7. The molecule has 0 bridgehead atoms. The molecule has 27 heavy (non-hydrogen) atoms. The Morgan fingerprint density at radius 3 is 2.26 bits per heavy atom. The average Bonchev–Trinajstić information content (AvgIpc) is 3.17. The fourth-order valence-corrected chi connectivity index (χ4v) is 2.37. The number of hydrogen-bond donors (Lipinski definition) is 3. The van der Waals surface area contributed by atoms with Crippen LogP contribution in [0.15, 0.2) is 55.1 Å². The molecule has 2 aromatic carbocycles. The molecule has 1 atom stereocenters. The van der Waals surface area contributed by atoms with Crippen LogP contribution in [0.2, 0.25) is 0 Å². The highest BCUT2D eigenvalue weighted by atomic mass is 16.6. The lowest BCUT2D eigenvalue weighted by Crippen LogP contribution is -2.32. The van der Waals surface area contributed by atoms with Gasteiger partial charge in [0.2, 0.25) is 0 Å². The number of nitrogens with one attached hydrogen (secondary N) is 2. The topological polar surface area (TPSA) is 161 Å². The minimum absolute atomic E-state index is 0.0439. The Morgan fingerprint density at radius 1 is 1.00 bits per heavy atom. The Morgan fingerprint density at radius 2 is 1.67 bits per heavy atom. The fourth-order valence-electron chi connectivity index (χ4n) is 2.37. The van der Waals surface area contributed by atoms with Crippen LogP contribution in [0.5, 0.6) is 5.75 Å². The summed E-state index contributed by atoms with van der Waals surface area (Å²) in [6.45, 7) is 0. The maximum absolute atomic E-state index is 11.2. The summed E-state index contributed by atoms with van der Waals surface area (Å²) >= 11 is 0. The summed E-state index contributed by atoms with van der Waals surface area (Å²) in [6.07, 6.45) is 2.31. The second kappa shape index (κ2) is 7.45. The third kappa shape index (κ3) is 3.96. The molecule has 1 aromatic heterocycles. The molecular formula is C15H13N7O5. The van der Waals surface area contributed by atoms with Gasteiger partial charge in [0.05, 0.1) is 15.9 Å². The van der Waals surface area contributed by atoms with E-state index in [0.29, 0.717) is 5.56 Å². The third-order valence-electron chi connectivity index (χ3n) is 3.68. The van der Waals surface area contributed by atoms with Gasteiger partial charge < -0.3 is 10.5 Å². The van der Waals surface area contributed by atoms with E-state index in [9.17, 15) is 25.3 Å². The zero-order chi connectivity index (χ0) is 19.4.